The summed E-state index contributed by atoms with van der Waals surface area (Å²) in [6.07, 6.45) is 0.814. The van der Waals surface area contributed by atoms with Gasteiger partial charge in [-0.15, -0.1) is 0 Å². The predicted octanol–water partition coefficient (Wildman–Crippen LogP) is 1.21. The smallest absolute Gasteiger partial charge is 0.237 e. The highest BCUT2D eigenvalue weighted by atomic mass is 16.2. The molecule has 19 heavy (non-hydrogen) atoms. The van der Waals surface area contributed by atoms with Gasteiger partial charge in [0.2, 0.25) is 5.91 Å². The van der Waals surface area contributed by atoms with Crippen LogP contribution < -0.4 is 11.1 Å². The zero-order chi connectivity index (χ0) is 13.8. The number of piperazine rings is 1. The monoisotopic (exact) mass is 261 g/mol. The summed E-state index contributed by atoms with van der Waals surface area (Å²) < 4.78 is 0. The zero-order valence-electron chi connectivity index (χ0n) is 11.7. The molecule has 0 aliphatic carbocycles. The minimum atomic E-state index is -0.0677. The van der Waals surface area contributed by atoms with Crippen molar-refractivity contribution < 1.29 is 4.79 Å². The quantitative estimate of drug-likeness (QED) is 0.856. The average Bonchev–Trinajstić information content (AvgIpc) is 2.42. The molecule has 0 radical (unpaired) electrons. The summed E-state index contributed by atoms with van der Waals surface area (Å²) in [4.78, 5) is 14.2. The lowest BCUT2D eigenvalue weighted by atomic mass is 9.96. The molecule has 1 aromatic carbocycles. The van der Waals surface area contributed by atoms with Gasteiger partial charge in [0.25, 0.3) is 0 Å². The van der Waals surface area contributed by atoms with E-state index in [0.717, 1.165) is 13.0 Å². The van der Waals surface area contributed by atoms with E-state index in [4.69, 9.17) is 5.73 Å². The molecule has 3 N–H and O–H groups in total. The molecule has 2 rings (SSSR count). The molecule has 104 valence electrons. The third-order valence-electron chi connectivity index (χ3n) is 3.93. The van der Waals surface area contributed by atoms with Gasteiger partial charge < -0.3 is 11.1 Å². The molecular formula is C15H23N3O. The van der Waals surface area contributed by atoms with Crippen LogP contribution in [-0.2, 0) is 4.79 Å². The Hall–Kier alpha value is -1.39. The second-order valence-corrected chi connectivity index (χ2v) is 5.06. The van der Waals surface area contributed by atoms with Crippen LogP contribution in [-0.4, -0.2) is 36.5 Å². The lowest BCUT2D eigenvalue weighted by molar-refractivity contribution is -0.130. The molecule has 1 aromatic rings. The fourth-order valence-corrected chi connectivity index (χ4v) is 2.93. The summed E-state index contributed by atoms with van der Waals surface area (Å²) in [5.74, 6) is 0.126. The Bertz CT molecular complexity index is 447. The van der Waals surface area contributed by atoms with Gasteiger partial charge >= 0.3 is 0 Å². The SMILES string of the molecule is CCC1C(=O)NCCN1C(CN)c1ccccc1C. The van der Waals surface area contributed by atoms with E-state index >= 15 is 0 Å². The van der Waals surface area contributed by atoms with E-state index in [1.54, 1.807) is 0 Å². The molecule has 0 aromatic heterocycles. The van der Waals surface area contributed by atoms with Crippen molar-refractivity contribution in [2.24, 2.45) is 5.73 Å². The topological polar surface area (TPSA) is 58.4 Å². The summed E-state index contributed by atoms with van der Waals surface area (Å²) in [5, 5.41) is 2.94. The minimum absolute atomic E-state index is 0.0677. The molecule has 4 heteroatoms. The zero-order valence-corrected chi connectivity index (χ0v) is 11.7. The second kappa shape index (κ2) is 6.17. The maximum Gasteiger partial charge on any atom is 0.237 e. The van der Waals surface area contributed by atoms with Crippen LogP contribution in [0, 0.1) is 6.92 Å². The summed E-state index contributed by atoms with van der Waals surface area (Å²) in [5.41, 5.74) is 8.46. The molecule has 1 aliphatic heterocycles. The van der Waals surface area contributed by atoms with Crippen LogP contribution >= 0.6 is 0 Å². The van der Waals surface area contributed by atoms with Gasteiger partial charge in [-0.2, -0.15) is 0 Å². The van der Waals surface area contributed by atoms with Crippen LogP contribution in [0.15, 0.2) is 24.3 Å². The van der Waals surface area contributed by atoms with Crippen LogP contribution in [0.4, 0.5) is 0 Å². The Kier molecular flexibility index (Phi) is 4.56. The molecule has 0 bridgehead atoms. The first-order chi connectivity index (χ1) is 9.19. The molecule has 1 saturated heterocycles. The molecule has 0 saturated carbocycles. The number of benzene rings is 1. The predicted molar refractivity (Wildman–Crippen MR) is 76.8 cm³/mol. The number of rotatable bonds is 4. The minimum Gasteiger partial charge on any atom is -0.353 e. The highest BCUT2D eigenvalue weighted by Crippen LogP contribution is 2.26. The molecule has 1 aliphatic rings. The first-order valence-corrected chi connectivity index (χ1v) is 6.98. The van der Waals surface area contributed by atoms with Gasteiger partial charge in [0.05, 0.1) is 6.04 Å². The highest BCUT2D eigenvalue weighted by Gasteiger charge is 2.33. The number of carbonyl (C=O) groups is 1. The van der Waals surface area contributed by atoms with E-state index in [2.05, 4.69) is 29.3 Å². The summed E-state index contributed by atoms with van der Waals surface area (Å²) in [6.45, 7) is 6.25. The molecule has 1 heterocycles. The van der Waals surface area contributed by atoms with Crippen molar-refractivity contribution in [1.82, 2.24) is 10.2 Å². The van der Waals surface area contributed by atoms with Crippen molar-refractivity contribution in [3.05, 3.63) is 35.4 Å². The van der Waals surface area contributed by atoms with E-state index in [-0.39, 0.29) is 18.0 Å². The number of nitrogens with zero attached hydrogens (tertiary/aromatic N) is 1. The van der Waals surface area contributed by atoms with Gasteiger partial charge in [-0.05, 0) is 24.5 Å². The van der Waals surface area contributed by atoms with E-state index in [9.17, 15) is 4.79 Å². The maximum atomic E-state index is 12.0. The Morgan fingerprint density at radius 1 is 1.47 bits per heavy atom. The number of hydrogen-bond donors (Lipinski definition) is 2. The third-order valence-corrected chi connectivity index (χ3v) is 3.93. The van der Waals surface area contributed by atoms with E-state index in [1.165, 1.54) is 11.1 Å². The fourth-order valence-electron chi connectivity index (χ4n) is 2.93. The summed E-state index contributed by atoms with van der Waals surface area (Å²) in [6, 6.07) is 8.34. The normalized spacial score (nSPS) is 22.1. The number of hydrogen-bond acceptors (Lipinski definition) is 3. The average molecular weight is 261 g/mol. The first-order valence-electron chi connectivity index (χ1n) is 6.98. The van der Waals surface area contributed by atoms with E-state index in [1.807, 2.05) is 19.1 Å². The second-order valence-electron chi connectivity index (χ2n) is 5.06. The number of aryl methyl sites for hydroxylation is 1. The van der Waals surface area contributed by atoms with Gasteiger partial charge in [-0.1, -0.05) is 31.2 Å². The van der Waals surface area contributed by atoms with Crippen molar-refractivity contribution in [3.63, 3.8) is 0 Å². The van der Waals surface area contributed by atoms with Gasteiger partial charge in [0, 0.05) is 25.7 Å². The van der Waals surface area contributed by atoms with Crippen LogP contribution in [0.2, 0.25) is 0 Å². The van der Waals surface area contributed by atoms with Gasteiger partial charge in [-0.25, -0.2) is 0 Å². The van der Waals surface area contributed by atoms with Crippen molar-refractivity contribution in [3.8, 4) is 0 Å². The van der Waals surface area contributed by atoms with Crippen LogP contribution in [0.25, 0.3) is 0 Å². The molecule has 2 atom stereocenters. The number of carbonyl (C=O) groups excluding carboxylic acids is 1. The lowest BCUT2D eigenvalue weighted by Crippen LogP contribution is -2.56. The standard InChI is InChI=1S/C15H23N3O/c1-3-13-15(19)17-8-9-18(13)14(10-16)12-7-5-4-6-11(12)2/h4-7,13-14H,3,8-10,16H2,1-2H3,(H,17,19). The molecule has 4 nitrogen and oxygen atoms in total. The van der Waals surface area contributed by atoms with E-state index < -0.39 is 0 Å². The fraction of sp³-hybridized carbons (Fsp3) is 0.533. The highest BCUT2D eigenvalue weighted by molar-refractivity contribution is 5.82. The molecular weight excluding hydrogens is 238 g/mol. The number of nitrogens with two attached hydrogens (primary N) is 1. The van der Waals surface area contributed by atoms with Gasteiger partial charge in [-0.3, -0.25) is 9.69 Å². The lowest BCUT2D eigenvalue weighted by Gasteiger charge is -2.40. The first kappa shape index (κ1) is 14.0. The number of amides is 1. The van der Waals surface area contributed by atoms with Crippen LogP contribution in [0.3, 0.4) is 0 Å². The van der Waals surface area contributed by atoms with Crippen molar-refractivity contribution in [2.45, 2.75) is 32.4 Å². The van der Waals surface area contributed by atoms with Crippen molar-refractivity contribution in [1.29, 1.82) is 0 Å². The largest absolute Gasteiger partial charge is 0.353 e. The molecule has 1 amide bonds. The summed E-state index contributed by atoms with van der Waals surface area (Å²) >= 11 is 0. The molecule has 0 spiro atoms. The van der Waals surface area contributed by atoms with Crippen LogP contribution in [0.5, 0.6) is 0 Å². The maximum absolute atomic E-state index is 12.0. The Morgan fingerprint density at radius 2 is 2.21 bits per heavy atom. The van der Waals surface area contributed by atoms with Gasteiger partial charge in [0.15, 0.2) is 0 Å². The number of nitrogens with one attached hydrogen (secondary N) is 1. The Labute approximate surface area is 115 Å². The Morgan fingerprint density at radius 3 is 2.84 bits per heavy atom. The summed E-state index contributed by atoms with van der Waals surface area (Å²) in [7, 11) is 0. The third kappa shape index (κ3) is 2.80. The molecule has 1 fully saturated rings. The van der Waals surface area contributed by atoms with Crippen molar-refractivity contribution >= 4 is 5.91 Å². The molecule has 2 unspecified atom stereocenters. The van der Waals surface area contributed by atoms with Gasteiger partial charge in [0.1, 0.15) is 0 Å². The van der Waals surface area contributed by atoms with Crippen molar-refractivity contribution in [2.75, 3.05) is 19.6 Å². The van der Waals surface area contributed by atoms with Crippen LogP contribution in [0.1, 0.15) is 30.5 Å². The van der Waals surface area contributed by atoms with E-state index in [0.29, 0.717) is 13.1 Å². The Balaban J connectivity index is 2.30.